The molecular weight excluding hydrogens is 448 g/mol. The monoisotopic (exact) mass is 477 g/mol. The number of aryl methyl sites for hydroxylation is 1. The molecule has 1 N–H and O–H groups in total. The standard InChI is InChI=1S/C24H29F2N3O3S/c1-17-5-7-20(33(31,32)29-10-3-2-4-11-29)14-21(17)24(30)27-15-18-9-12-28(16-18)19-6-8-22(25)23(26)13-19/h5-8,13-14,18H,2-4,9-12,15-16H2,1H3,(H,27,30). The van der Waals surface area contributed by atoms with Gasteiger partial charge in [-0.2, -0.15) is 4.31 Å². The van der Waals surface area contributed by atoms with Gasteiger partial charge >= 0.3 is 0 Å². The zero-order valence-electron chi connectivity index (χ0n) is 18.7. The van der Waals surface area contributed by atoms with Crippen molar-refractivity contribution in [2.24, 2.45) is 5.92 Å². The minimum atomic E-state index is -3.62. The normalized spacial score (nSPS) is 19.6. The second-order valence-electron chi connectivity index (χ2n) is 8.85. The second-order valence-corrected chi connectivity index (χ2v) is 10.8. The van der Waals surface area contributed by atoms with Crippen LogP contribution in [0.5, 0.6) is 0 Å². The third-order valence-corrected chi connectivity index (χ3v) is 8.41. The zero-order chi connectivity index (χ0) is 23.6. The van der Waals surface area contributed by atoms with E-state index in [-0.39, 0.29) is 16.7 Å². The van der Waals surface area contributed by atoms with Crippen LogP contribution in [0.25, 0.3) is 0 Å². The molecule has 2 fully saturated rings. The van der Waals surface area contributed by atoms with Gasteiger partial charge < -0.3 is 10.2 Å². The number of hydrogen-bond donors (Lipinski definition) is 1. The first-order valence-electron chi connectivity index (χ1n) is 11.3. The van der Waals surface area contributed by atoms with Gasteiger partial charge in [0.2, 0.25) is 10.0 Å². The Bertz CT molecular complexity index is 1130. The lowest BCUT2D eigenvalue weighted by Crippen LogP contribution is -2.36. The Morgan fingerprint density at radius 2 is 1.79 bits per heavy atom. The van der Waals surface area contributed by atoms with Crippen LogP contribution < -0.4 is 10.2 Å². The number of piperidine rings is 1. The number of amides is 1. The third-order valence-electron chi connectivity index (χ3n) is 6.51. The van der Waals surface area contributed by atoms with Gasteiger partial charge in [0, 0.05) is 50.0 Å². The van der Waals surface area contributed by atoms with E-state index in [2.05, 4.69) is 5.32 Å². The van der Waals surface area contributed by atoms with Crippen molar-refractivity contribution >= 4 is 21.6 Å². The molecule has 2 aromatic carbocycles. The van der Waals surface area contributed by atoms with E-state index >= 15 is 0 Å². The predicted octanol–water partition coefficient (Wildman–Crippen LogP) is 3.70. The van der Waals surface area contributed by atoms with Crippen LogP contribution in [0.1, 0.15) is 41.6 Å². The molecule has 2 aliphatic rings. The molecule has 178 valence electrons. The Kier molecular flexibility index (Phi) is 6.99. The fourth-order valence-corrected chi connectivity index (χ4v) is 6.05. The summed E-state index contributed by atoms with van der Waals surface area (Å²) in [5.41, 5.74) is 1.68. The molecule has 4 rings (SSSR count). The fraction of sp³-hybridized carbons (Fsp3) is 0.458. The largest absolute Gasteiger partial charge is 0.371 e. The highest BCUT2D eigenvalue weighted by atomic mass is 32.2. The van der Waals surface area contributed by atoms with Crippen LogP contribution >= 0.6 is 0 Å². The number of anilines is 1. The maximum Gasteiger partial charge on any atom is 0.251 e. The van der Waals surface area contributed by atoms with E-state index in [1.165, 1.54) is 16.4 Å². The van der Waals surface area contributed by atoms with Gasteiger partial charge in [-0.25, -0.2) is 17.2 Å². The van der Waals surface area contributed by atoms with Gasteiger partial charge in [-0.3, -0.25) is 4.79 Å². The van der Waals surface area contributed by atoms with Crippen LogP contribution in [-0.2, 0) is 10.0 Å². The minimum absolute atomic E-state index is 0.144. The molecular formula is C24H29F2N3O3S. The first-order chi connectivity index (χ1) is 15.8. The number of nitrogens with one attached hydrogen (secondary N) is 1. The molecule has 9 heteroatoms. The molecule has 0 aromatic heterocycles. The highest BCUT2D eigenvalue weighted by Crippen LogP contribution is 2.26. The van der Waals surface area contributed by atoms with Crippen LogP contribution in [0.3, 0.4) is 0 Å². The number of halogens is 2. The van der Waals surface area contributed by atoms with E-state index in [9.17, 15) is 22.0 Å². The number of hydrogen-bond acceptors (Lipinski definition) is 4. The summed E-state index contributed by atoms with van der Waals surface area (Å²) >= 11 is 0. The molecule has 1 atom stereocenters. The number of carbonyl (C=O) groups excluding carboxylic acids is 1. The Morgan fingerprint density at radius 3 is 2.52 bits per heavy atom. The van der Waals surface area contributed by atoms with Crippen molar-refractivity contribution in [1.29, 1.82) is 0 Å². The molecule has 2 aromatic rings. The highest BCUT2D eigenvalue weighted by Gasteiger charge is 2.28. The van der Waals surface area contributed by atoms with Crippen LogP contribution in [0.2, 0.25) is 0 Å². The maximum atomic E-state index is 13.5. The van der Waals surface area contributed by atoms with Gasteiger partial charge in [0.25, 0.3) is 5.91 Å². The lowest BCUT2D eigenvalue weighted by molar-refractivity contribution is 0.0947. The van der Waals surface area contributed by atoms with Gasteiger partial charge in [0.1, 0.15) is 0 Å². The molecule has 0 spiro atoms. The maximum absolute atomic E-state index is 13.5. The van der Waals surface area contributed by atoms with Crippen molar-refractivity contribution in [3.63, 3.8) is 0 Å². The minimum Gasteiger partial charge on any atom is -0.371 e. The first-order valence-corrected chi connectivity index (χ1v) is 12.8. The summed E-state index contributed by atoms with van der Waals surface area (Å²) in [6.07, 6.45) is 3.53. The Labute approximate surface area is 193 Å². The van der Waals surface area contributed by atoms with E-state index in [1.807, 2.05) is 4.90 Å². The number of nitrogens with zero attached hydrogens (tertiary/aromatic N) is 2. The third kappa shape index (κ3) is 5.19. The summed E-state index contributed by atoms with van der Waals surface area (Å²) in [6, 6.07) is 8.56. The first kappa shape index (κ1) is 23.6. The topological polar surface area (TPSA) is 69.7 Å². The summed E-state index contributed by atoms with van der Waals surface area (Å²) in [4.78, 5) is 15.0. The molecule has 2 saturated heterocycles. The molecule has 0 aliphatic carbocycles. The van der Waals surface area contributed by atoms with Crippen LogP contribution in [-0.4, -0.2) is 51.4 Å². The lowest BCUT2D eigenvalue weighted by atomic mass is 10.1. The number of carbonyl (C=O) groups is 1. The summed E-state index contributed by atoms with van der Waals surface area (Å²) in [7, 11) is -3.62. The molecule has 0 saturated carbocycles. The van der Waals surface area contributed by atoms with Gasteiger partial charge in [0.15, 0.2) is 11.6 Å². The molecule has 6 nitrogen and oxygen atoms in total. The molecule has 2 aliphatic heterocycles. The van der Waals surface area contributed by atoms with Crippen molar-refractivity contribution in [3.8, 4) is 0 Å². The Morgan fingerprint density at radius 1 is 1.03 bits per heavy atom. The molecule has 33 heavy (non-hydrogen) atoms. The summed E-state index contributed by atoms with van der Waals surface area (Å²) < 4.78 is 54.2. The molecule has 2 heterocycles. The molecule has 0 radical (unpaired) electrons. The van der Waals surface area contributed by atoms with E-state index in [1.54, 1.807) is 25.1 Å². The van der Waals surface area contributed by atoms with E-state index in [4.69, 9.17) is 0 Å². The molecule has 1 amide bonds. The fourth-order valence-electron chi connectivity index (χ4n) is 4.51. The quantitative estimate of drug-likeness (QED) is 0.689. The van der Waals surface area contributed by atoms with Crippen LogP contribution in [0.15, 0.2) is 41.3 Å². The Hall–Kier alpha value is -2.52. The number of sulfonamides is 1. The lowest BCUT2D eigenvalue weighted by Gasteiger charge is -2.26. The zero-order valence-corrected chi connectivity index (χ0v) is 19.5. The average Bonchev–Trinajstić information content (AvgIpc) is 3.29. The van der Waals surface area contributed by atoms with E-state index < -0.39 is 21.7 Å². The number of rotatable bonds is 6. The van der Waals surface area contributed by atoms with E-state index in [0.29, 0.717) is 49.5 Å². The van der Waals surface area contributed by atoms with Crippen molar-refractivity contribution in [2.75, 3.05) is 37.6 Å². The second kappa shape index (κ2) is 9.77. The van der Waals surface area contributed by atoms with Crippen LogP contribution in [0.4, 0.5) is 14.5 Å². The summed E-state index contributed by atoms with van der Waals surface area (Å²) in [5, 5.41) is 2.92. The van der Waals surface area contributed by atoms with Gasteiger partial charge in [-0.15, -0.1) is 0 Å². The van der Waals surface area contributed by atoms with Gasteiger partial charge in [-0.05, 0) is 61.9 Å². The predicted molar refractivity (Wildman–Crippen MR) is 123 cm³/mol. The van der Waals surface area contributed by atoms with Gasteiger partial charge in [-0.1, -0.05) is 12.5 Å². The number of benzene rings is 2. The molecule has 0 bridgehead atoms. The van der Waals surface area contributed by atoms with Crippen LogP contribution in [0, 0.1) is 24.5 Å². The average molecular weight is 478 g/mol. The van der Waals surface area contributed by atoms with E-state index in [0.717, 1.165) is 31.7 Å². The van der Waals surface area contributed by atoms with Crippen molar-refractivity contribution < 1.29 is 22.0 Å². The Balaban J connectivity index is 1.39. The van der Waals surface area contributed by atoms with Gasteiger partial charge in [0.05, 0.1) is 4.90 Å². The van der Waals surface area contributed by atoms with Crippen molar-refractivity contribution in [3.05, 3.63) is 59.2 Å². The van der Waals surface area contributed by atoms with Crippen molar-refractivity contribution in [1.82, 2.24) is 9.62 Å². The smallest absolute Gasteiger partial charge is 0.251 e. The molecule has 1 unspecified atom stereocenters. The highest BCUT2D eigenvalue weighted by molar-refractivity contribution is 7.89. The SMILES string of the molecule is Cc1ccc(S(=O)(=O)N2CCCCC2)cc1C(=O)NCC1CCN(c2ccc(F)c(F)c2)C1. The summed E-state index contributed by atoms with van der Waals surface area (Å²) in [6.45, 7) is 4.53. The summed E-state index contributed by atoms with van der Waals surface area (Å²) in [5.74, 6) is -1.90. The van der Waals surface area contributed by atoms with Crippen molar-refractivity contribution in [2.45, 2.75) is 37.5 Å².